The molecule has 1 atom stereocenters. The molecule has 19 heavy (non-hydrogen) atoms. The Morgan fingerprint density at radius 2 is 2.26 bits per heavy atom. The third kappa shape index (κ3) is 2.19. The highest BCUT2D eigenvalue weighted by Crippen LogP contribution is 2.33. The minimum Gasteiger partial charge on any atom is -0.489 e. The van der Waals surface area contributed by atoms with Crippen LogP contribution in [0, 0.1) is 0 Å². The van der Waals surface area contributed by atoms with Gasteiger partial charge in [0.2, 0.25) is 5.91 Å². The summed E-state index contributed by atoms with van der Waals surface area (Å²) >= 11 is 0. The maximum Gasteiger partial charge on any atom is 0.249 e. The van der Waals surface area contributed by atoms with E-state index in [0.717, 1.165) is 11.4 Å². The summed E-state index contributed by atoms with van der Waals surface area (Å²) in [5.74, 6) is 0.779. The van der Waals surface area contributed by atoms with E-state index < -0.39 is 0 Å². The van der Waals surface area contributed by atoms with Gasteiger partial charge in [0.1, 0.15) is 18.9 Å². The van der Waals surface area contributed by atoms with Crippen molar-refractivity contribution in [2.24, 2.45) is 0 Å². The predicted molar refractivity (Wildman–Crippen MR) is 71.1 cm³/mol. The summed E-state index contributed by atoms with van der Waals surface area (Å²) in [7, 11) is 0. The van der Waals surface area contributed by atoms with Crippen molar-refractivity contribution in [3.8, 4) is 5.75 Å². The standard InChI is InChI=1S/C14H15N3O2/c1-11-10-19-13-6-3-2-5-12(13)17(11)14(18)9-16-8-4-7-15-16/h2-8,11H,9-10H2,1H3. The maximum atomic E-state index is 12.4. The highest BCUT2D eigenvalue weighted by molar-refractivity contribution is 5.95. The molecule has 5 heteroatoms. The summed E-state index contributed by atoms with van der Waals surface area (Å²) in [4.78, 5) is 14.2. The largest absolute Gasteiger partial charge is 0.489 e. The molecule has 98 valence electrons. The molecule has 0 aliphatic carbocycles. The number of rotatable bonds is 2. The second kappa shape index (κ2) is 4.76. The van der Waals surface area contributed by atoms with E-state index in [1.165, 1.54) is 0 Å². The van der Waals surface area contributed by atoms with Gasteiger partial charge in [-0.25, -0.2) is 0 Å². The fraction of sp³-hybridized carbons (Fsp3) is 0.286. The lowest BCUT2D eigenvalue weighted by molar-refractivity contribution is -0.120. The lowest BCUT2D eigenvalue weighted by atomic mass is 10.1. The van der Waals surface area contributed by atoms with E-state index in [-0.39, 0.29) is 18.5 Å². The van der Waals surface area contributed by atoms with Crippen LogP contribution in [-0.2, 0) is 11.3 Å². The normalized spacial score (nSPS) is 17.7. The average molecular weight is 257 g/mol. The summed E-state index contributed by atoms with van der Waals surface area (Å²) in [5.41, 5.74) is 0.832. The number of para-hydroxylation sites is 2. The highest BCUT2D eigenvalue weighted by atomic mass is 16.5. The van der Waals surface area contributed by atoms with E-state index in [1.54, 1.807) is 22.0 Å². The third-order valence-corrected chi connectivity index (χ3v) is 3.17. The summed E-state index contributed by atoms with van der Waals surface area (Å²) in [6.07, 6.45) is 3.46. The number of ether oxygens (including phenoxy) is 1. The van der Waals surface area contributed by atoms with Crippen molar-refractivity contribution in [1.82, 2.24) is 9.78 Å². The molecule has 0 N–H and O–H groups in total. The van der Waals surface area contributed by atoms with Crippen LogP contribution >= 0.6 is 0 Å². The zero-order valence-electron chi connectivity index (χ0n) is 10.7. The van der Waals surface area contributed by atoms with Crippen molar-refractivity contribution < 1.29 is 9.53 Å². The Hall–Kier alpha value is -2.30. The zero-order chi connectivity index (χ0) is 13.2. The van der Waals surface area contributed by atoms with Crippen LogP contribution in [0.3, 0.4) is 0 Å². The van der Waals surface area contributed by atoms with Gasteiger partial charge in [-0.2, -0.15) is 5.10 Å². The van der Waals surface area contributed by atoms with Crippen LogP contribution in [0.4, 0.5) is 5.69 Å². The number of carbonyl (C=O) groups is 1. The molecule has 0 saturated carbocycles. The van der Waals surface area contributed by atoms with E-state index in [0.29, 0.717) is 6.61 Å². The number of benzene rings is 1. The van der Waals surface area contributed by atoms with Gasteiger partial charge in [0.15, 0.2) is 0 Å². The zero-order valence-corrected chi connectivity index (χ0v) is 10.7. The summed E-state index contributed by atoms with van der Waals surface area (Å²) in [6, 6.07) is 9.45. The molecule has 1 aliphatic heterocycles. The van der Waals surface area contributed by atoms with Crippen LogP contribution in [0.5, 0.6) is 5.75 Å². The van der Waals surface area contributed by atoms with Crippen molar-refractivity contribution in [1.29, 1.82) is 0 Å². The Labute approximate surface area is 111 Å². The van der Waals surface area contributed by atoms with Gasteiger partial charge in [0.05, 0.1) is 11.7 Å². The number of nitrogens with zero attached hydrogens (tertiary/aromatic N) is 3. The second-order valence-electron chi connectivity index (χ2n) is 4.60. The quantitative estimate of drug-likeness (QED) is 0.822. The topological polar surface area (TPSA) is 47.4 Å². The molecule has 2 aromatic rings. The fourth-order valence-electron chi connectivity index (χ4n) is 2.29. The van der Waals surface area contributed by atoms with E-state index in [2.05, 4.69) is 5.10 Å². The molecular formula is C14H15N3O2. The number of fused-ring (bicyclic) bond motifs is 1. The van der Waals surface area contributed by atoms with Gasteiger partial charge in [-0.05, 0) is 25.1 Å². The van der Waals surface area contributed by atoms with Gasteiger partial charge < -0.3 is 9.64 Å². The molecule has 0 saturated heterocycles. The van der Waals surface area contributed by atoms with Crippen LogP contribution < -0.4 is 9.64 Å². The summed E-state index contributed by atoms with van der Waals surface area (Å²) < 4.78 is 7.27. The van der Waals surface area contributed by atoms with Gasteiger partial charge >= 0.3 is 0 Å². The molecule has 1 aromatic carbocycles. The molecule has 5 nitrogen and oxygen atoms in total. The van der Waals surface area contributed by atoms with Crippen LogP contribution in [-0.4, -0.2) is 28.3 Å². The second-order valence-corrected chi connectivity index (χ2v) is 4.60. The third-order valence-electron chi connectivity index (χ3n) is 3.17. The molecule has 0 bridgehead atoms. The van der Waals surface area contributed by atoms with Gasteiger partial charge in [0, 0.05) is 12.4 Å². The first-order chi connectivity index (χ1) is 9.25. The van der Waals surface area contributed by atoms with Crippen molar-refractivity contribution in [2.45, 2.75) is 19.5 Å². The van der Waals surface area contributed by atoms with Crippen molar-refractivity contribution in [3.63, 3.8) is 0 Å². The van der Waals surface area contributed by atoms with Gasteiger partial charge in [-0.15, -0.1) is 0 Å². The molecule has 0 spiro atoms. The molecule has 0 fully saturated rings. The Bertz CT molecular complexity index is 580. The molecule has 0 radical (unpaired) electrons. The lowest BCUT2D eigenvalue weighted by Gasteiger charge is -2.35. The molecule has 3 rings (SSSR count). The number of hydrogen-bond donors (Lipinski definition) is 0. The summed E-state index contributed by atoms with van der Waals surface area (Å²) in [6.45, 7) is 2.74. The molecular weight excluding hydrogens is 242 g/mol. The van der Waals surface area contributed by atoms with Gasteiger partial charge in [-0.1, -0.05) is 12.1 Å². The van der Waals surface area contributed by atoms with Crippen molar-refractivity contribution >= 4 is 11.6 Å². The van der Waals surface area contributed by atoms with Crippen LogP contribution in [0.1, 0.15) is 6.92 Å². The maximum absolute atomic E-state index is 12.4. The summed E-state index contributed by atoms with van der Waals surface area (Å²) in [5, 5.41) is 4.07. The minimum absolute atomic E-state index is 0.0203. The van der Waals surface area contributed by atoms with E-state index in [9.17, 15) is 4.79 Å². The van der Waals surface area contributed by atoms with Gasteiger partial charge in [0.25, 0.3) is 0 Å². The van der Waals surface area contributed by atoms with Crippen LogP contribution in [0.25, 0.3) is 0 Å². The van der Waals surface area contributed by atoms with Crippen molar-refractivity contribution in [2.75, 3.05) is 11.5 Å². The molecule has 1 amide bonds. The van der Waals surface area contributed by atoms with Gasteiger partial charge in [-0.3, -0.25) is 9.48 Å². The minimum atomic E-state index is 0.0203. The number of aromatic nitrogens is 2. The average Bonchev–Trinajstić information content (AvgIpc) is 2.91. The first kappa shape index (κ1) is 11.8. The number of amides is 1. The Kier molecular flexibility index (Phi) is 2.95. The SMILES string of the molecule is CC1COc2ccccc2N1C(=O)Cn1cccn1. The molecule has 1 aliphatic rings. The van der Waals surface area contributed by atoms with Crippen LogP contribution in [0.15, 0.2) is 42.7 Å². The van der Waals surface area contributed by atoms with Crippen LogP contribution in [0.2, 0.25) is 0 Å². The number of hydrogen-bond acceptors (Lipinski definition) is 3. The van der Waals surface area contributed by atoms with Crippen molar-refractivity contribution in [3.05, 3.63) is 42.7 Å². The number of carbonyl (C=O) groups excluding carboxylic acids is 1. The van der Waals surface area contributed by atoms with E-state index in [1.807, 2.05) is 37.3 Å². The van der Waals surface area contributed by atoms with E-state index in [4.69, 9.17) is 4.74 Å². The smallest absolute Gasteiger partial charge is 0.249 e. The first-order valence-electron chi connectivity index (χ1n) is 6.27. The molecule has 2 heterocycles. The Morgan fingerprint density at radius 3 is 3.05 bits per heavy atom. The van der Waals surface area contributed by atoms with E-state index >= 15 is 0 Å². The highest BCUT2D eigenvalue weighted by Gasteiger charge is 2.29. The fourth-order valence-corrected chi connectivity index (χ4v) is 2.29. The molecule has 1 aromatic heterocycles. The monoisotopic (exact) mass is 257 g/mol. The molecule has 1 unspecified atom stereocenters. The Morgan fingerprint density at radius 1 is 1.42 bits per heavy atom. The Balaban J connectivity index is 1.88. The first-order valence-corrected chi connectivity index (χ1v) is 6.27. The predicted octanol–water partition coefficient (Wildman–Crippen LogP) is 1.70. The lowest BCUT2D eigenvalue weighted by Crippen LogP contribution is -2.46. The number of anilines is 1.